The zero-order chi connectivity index (χ0) is 10.7. The Morgan fingerprint density at radius 3 is 2.87 bits per heavy atom. The van der Waals surface area contributed by atoms with Crippen molar-refractivity contribution in [1.82, 2.24) is 5.32 Å². The van der Waals surface area contributed by atoms with Gasteiger partial charge in [0.05, 0.1) is 12.6 Å². The summed E-state index contributed by atoms with van der Waals surface area (Å²) >= 11 is 0. The fourth-order valence-corrected chi connectivity index (χ4v) is 1.81. The summed E-state index contributed by atoms with van der Waals surface area (Å²) in [5.41, 5.74) is 2.44. The van der Waals surface area contributed by atoms with Crippen molar-refractivity contribution in [3.05, 3.63) is 35.4 Å². The highest BCUT2D eigenvalue weighted by molar-refractivity contribution is 5.25. The Morgan fingerprint density at radius 1 is 1.47 bits per heavy atom. The van der Waals surface area contributed by atoms with Gasteiger partial charge in [0.15, 0.2) is 0 Å². The summed E-state index contributed by atoms with van der Waals surface area (Å²) in [6, 6.07) is 8.45. The van der Waals surface area contributed by atoms with Gasteiger partial charge in [-0.2, -0.15) is 0 Å². The van der Waals surface area contributed by atoms with Crippen LogP contribution < -0.4 is 5.32 Å². The first-order valence-corrected chi connectivity index (χ1v) is 5.70. The Hall–Kier alpha value is -0.860. The van der Waals surface area contributed by atoms with E-state index in [0.29, 0.717) is 0 Å². The molecule has 1 aromatic rings. The molecule has 0 heterocycles. The van der Waals surface area contributed by atoms with Gasteiger partial charge >= 0.3 is 0 Å². The summed E-state index contributed by atoms with van der Waals surface area (Å²) in [5.74, 6) is 0.851. The summed E-state index contributed by atoms with van der Waals surface area (Å²) < 4.78 is 0. The van der Waals surface area contributed by atoms with Crippen LogP contribution in [0.25, 0.3) is 0 Å². The average Bonchev–Trinajstić information content (AvgIpc) is 3.03. The van der Waals surface area contributed by atoms with E-state index >= 15 is 0 Å². The molecule has 1 unspecified atom stereocenters. The molecule has 0 aromatic heterocycles. The van der Waals surface area contributed by atoms with Crippen LogP contribution in [-0.4, -0.2) is 18.3 Å². The number of benzene rings is 1. The SMILES string of the molecule is Cc1cccc(C(CO)NCC2CC2)c1. The molecular weight excluding hydrogens is 186 g/mol. The lowest BCUT2D eigenvalue weighted by Gasteiger charge is -2.16. The van der Waals surface area contributed by atoms with Crippen LogP contribution in [0.3, 0.4) is 0 Å². The van der Waals surface area contributed by atoms with Crippen molar-refractivity contribution in [2.75, 3.05) is 13.2 Å². The zero-order valence-corrected chi connectivity index (χ0v) is 9.24. The van der Waals surface area contributed by atoms with E-state index in [1.807, 2.05) is 6.07 Å². The van der Waals surface area contributed by atoms with E-state index in [-0.39, 0.29) is 12.6 Å². The Bertz CT molecular complexity index is 320. The number of hydrogen-bond acceptors (Lipinski definition) is 2. The van der Waals surface area contributed by atoms with Gasteiger partial charge in [-0.15, -0.1) is 0 Å². The Morgan fingerprint density at radius 2 is 2.27 bits per heavy atom. The molecule has 0 saturated heterocycles. The molecule has 2 nitrogen and oxygen atoms in total. The van der Waals surface area contributed by atoms with E-state index in [0.717, 1.165) is 12.5 Å². The summed E-state index contributed by atoms with van der Waals surface area (Å²) in [4.78, 5) is 0. The third-order valence-electron chi connectivity index (χ3n) is 2.98. The van der Waals surface area contributed by atoms with Crippen molar-refractivity contribution in [2.24, 2.45) is 5.92 Å². The van der Waals surface area contributed by atoms with Gasteiger partial charge in [-0.1, -0.05) is 29.8 Å². The molecule has 1 aromatic carbocycles. The lowest BCUT2D eigenvalue weighted by molar-refractivity contribution is 0.243. The maximum absolute atomic E-state index is 9.34. The summed E-state index contributed by atoms with van der Waals surface area (Å²) in [6.07, 6.45) is 2.69. The van der Waals surface area contributed by atoms with Crippen LogP contribution in [0.1, 0.15) is 30.0 Å². The van der Waals surface area contributed by atoms with Gasteiger partial charge < -0.3 is 10.4 Å². The Labute approximate surface area is 91.3 Å². The van der Waals surface area contributed by atoms with E-state index in [2.05, 4.69) is 30.4 Å². The second-order valence-corrected chi connectivity index (χ2v) is 4.50. The van der Waals surface area contributed by atoms with Gasteiger partial charge in [-0.05, 0) is 37.8 Å². The third-order valence-corrected chi connectivity index (χ3v) is 2.98. The molecule has 0 bridgehead atoms. The van der Waals surface area contributed by atoms with Gasteiger partial charge in [-0.25, -0.2) is 0 Å². The molecule has 1 saturated carbocycles. The predicted octanol–water partition coefficient (Wildman–Crippen LogP) is 2.03. The number of rotatable bonds is 5. The zero-order valence-electron chi connectivity index (χ0n) is 9.24. The van der Waals surface area contributed by atoms with E-state index < -0.39 is 0 Å². The second-order valence-electron chi connectivity index (χ2n) is 4.50. The lowest BCUT2D eigenvalue weighted by atomic mass is 10.0. The van der Waals surface area contributed by atoms with Crippen molar-refractivity contribution in [3.8, 4) is 0 Å². The second kappa shape index (κ2) is 4.77. The van der Waals surface area contributed by atoms with Gasteiger partial charge in [0.2, 0.25) is 0 Å². The normalized spacial score (nSPS) is 17.7. The summed E-state index contributed by atoms with van der Waals surface area (Å²) in [7, 11) is 0. The summed E-state index contributed by atoms with van der Waals surface area (Å²) in [5, 5.41) is 12.8. The van der Waals surface area contributed by atoms with Crippen LogP contribution in [0.2, 0.25) is 0 Å². The quantitative estimate of drug-likeness (QED) is 0.771. The molecule has 0 aliphatic heterocycles. The molecule has 0 radical (unpaired) electrons. The molecular formula is C13H19NO. The fourth-order valence-electron chi connectivity index (χ4n) is 1.81. The lowest BCUT2D eigenvalue weighted by Crippen LogP contribution is -2.26. The van der Waals surface area contributed by atoms with Gasteiger partial charge in [0, 0.05) is 0 Å². The highest BCUT2D eigenvalue weighted by atomic mass is 16.3. The van der Waals surface area contributed by atoms with E-state index in [1.54, 1.807) is 0 Å². The number of nitrogens with one attached hydrogen (secondary N) is 1. The molecule has 0 amide bonds. The molecule has 1 atom stereocenters. The minimum atomic E-state index is 0.102. The molecule has 2 rings (SSSR count). The van der Waals surface area contributed by atoms with Gasteiger partial charge in [-0.3, -0.25) is 0 Å². The minimum Gasteiger partial charge on any atom is -0.394 e. The molecule has 82 valence electrons. The number of aliphatic hydroxyl groups is 1. The van der Waals surface area contributed by atoms with Crippen LogP contribution in [0.5, 0.6) is 0 Å². The average molecular weight is 205 g/mol. The Balaban J connectivity index is 1.97. The van der Waals surface area contributed by atoms with Gasteiger partial charge in [0.25, 0.3) is 0 Å². The maximum Gasteiger partial charge on any atom is 0.0626 e. The van der Waals surface area contributed by atoms with Crippen molar-refractivity contribution in [2.45, 2.75) is 25.8 Å². The summed E-state index contributed by atoms with van der Waals surface area (Å²) in [6.45, 7) is 3.30. The topological polar surface area (TPSA) is 32.3 Å². The highest BCUT2D eigenvalue weighted by Crippen LogP contribution is 2.28. The molecule has 1 aliphatic rings. The van der Waals surface area contributed by atoms with Crippen molar-refractivity contribution < 1.29 is 5.11 Å². The van der Waals surface area contributed by atoms with Crippen LogP contribution in [0, 0.1) is 12.8 Å². The maximum atomic E-state index is 9.34. The third kappa shape index (κ3) is 3.05. The number of aliphatic hydroxyl groups excluding tert-OH is 1. The Kier molecular flexibility index (Phi) is 3.39. The van der Waals surface area contributed by atoms with Crippen LogP contribution in [-0.2, 0) is 0 Å². The fraction of sp³-hybridized carbons (Fsp3) is 0.538. The molecule has 0 spiro atoms. The van der Waals surface area contributed by atoms with E-state index in [9.17, 15) is 5.11 Å². The predicted molar refractivity (Wildman–Crippen MR) is 61.7 cm³/mol. The standard InChI is InChI=1S/C13H19NO/c1-10-3-2-4-12(7-10)13(9-15)14-8-11-5-6-11/h2-4,7,11,13-15H,5-6,8-9H2,1H3. The highest BCUT2D eigenvalue weighted by Gasteiger charge is 2.22. The monoisotopic (exact) mass is 205 g/mol. The van der Waals surface area contributed by atoms with Crippen LogP contribution >= 0.6 is 0 Å². The molecule has 2 heteroatoms. The minimum absolute atomic E-state index is 0.102. The largest absolute Gasteiger partial charge is 0.394 e. The first-order chi connectivity index (χ1) is 7.29. The van der Waals surface area contributed by atoms with Crippen molar-refractivity contribution in [1.29, 1.82) is 0 Å². The van der Waals surface area contributed by atoms with Gasteiger partial charge in [0.1, 0.15) is 0 Å². The van der Waals surface area contributed by atoms with Crippen LogP contribution in [0.15, 0.2) is 24.3 Å². The van der Waals surface area contributed by atoms with Crippen LogP contribution in [0.4, 0.5) is 0 Å². The molecule has 1 fully saturated rings. The number of hydrogen-bond donors (Lipinski definition) is 2. The molecule has 2 N–H and O–H groups in total. The van der Waals surface area contributed by atoms with Crippen molar-refractivity contribution >= 4 is 0 Å². The molecule has 1 aliphatic carbocycles. The van der Waals surface area contributed by atoms with Crippen molar-refractivity contribution in [3.63, 3.8) is 0 Å². The first-order valence-electron chi connectivity index (χ1n) is 5.70. The number of aryl methyl sites for hydroxylation is 1. The van der Waals surface area contributed by atoms with E-state index in [4.69, 9.17) is 0 Å². The smallest absolute Gasteiger partial charge is 0.0626 e. The molecule has 15 heavy (non-hydrogen) atoms. The first kappa shape index (κ1) is 10.7. The van der Waals surface area contributed by atoms with E-state index in [1.165, 1.54) is 24.0 Å².